The summed E-state index contributed by atoms with van der Waals surface area (Å²) in [7, 11) is 0. The molecule has 0 fully saturated rings. The minimum atomic E-state index is -0.469. The Labute approximate surface area is 100 Å². The summed E-state index contributed by atoms with van der Waals surface area (Å²) in [6.07, 6.45) is 1.05. The molecule has 0 aromatic heterocycles. The molecule has 0 radical (unpaired) electrons. The Kier molecular flexibility index (Phi) is 4.66. The van der Waals surface area contributed by atoms with Crippen molar-refractivity contribution in [2.45, 2.75) is 19.8 Å². The number of nitrogens with one attached hydrogen (secondary N) is 1. The average Bonchev–Trinajstić information content (AvgIpc) is 2.26. The fraction of sp³-hybridized carbons (Fsp3) is 0.333. The summed E-state index contributed by atoms with van der Waals surface area (Å²) in [6, 6.07) is 4.99. The van der Waals surface area contributed by atoms with E-state index in [0.717, 1.165) is 5.56 Å². The number of carbonyl (C=O) groups is 2. The van der Waals surface area contributed by atoms with Gasteiger partial charge in [-0.25, -0.2) is 0 Å². The van der Waals surface area contributed by atoms with Crippen LogP contribution in [0.15, 0.2) is 18.2 Å². The Hall–Kier alpha value is -1.88. The standard InChI is InChI=1S/C12H17N3O2/c1-8-7-9(4-5-10(8)12(14)17)15-11(16)3-2-6-13/h4-5,7H,2-3,6,13H2,1H3,(H2,14,17)(H,15,16). The quantitative estimate of drug-likeness (QED) is 0.703. The van der Waals surface area contributed by atoms with Gasteiger partial charge in [0.1, 0.15) is 0 Å². The van der Waals surface area contributed by atoms with Crippen LogP contribution in [0, 0.1) is 6.92 Å². The molecule has 17 heavy (non-hydrogen) atoms. The Bertz CT molecular complexity index is 430. The van der Waals surface area contributed by atoms with Gasteiger partial charge in [-0.1, -0.05) is 0 Å². The highest BCUT2D eigenvalue weighted by Crippen LogP contribution is 2.15. The van der Waals surface area contributed by atoms with E-state index in [4.69, 9.17) is 11.5 Å². The van der Waals surface area contributed by atoms with Gasteiger partial charge in [-0.15, -0.1) is 0 Å². The van der Waals surface area contributed by atoms with E-state index >= 15 is 0 Å². The second-order valence-corrected chi connectivity index (χ2v) is 3.83. The van der Waals surface area contributed by atoms with Crippen LogP contribution >= 0.6 is 0 Å². The highest BCUT2D eigenvalue weighted by molar-refractivity contribution is 5.96. The molecule has 1 aromatic carbocycles. The number of hydrogen-bond acceptors (Lipinski definition) is 3. The van der Waals surface area contributed by atoms with Crippen molar-refractivity contribution in [3.63, 3.8) is 0 Å². The molecule has 5 heteroatoms. The molecule has 2 amide bonds. The minimum Gasteiger partial charge on any atom is -0.366 e. The monoisotopic (exact) mass is 235 g/mol. The molecule has 0 atom stereocenters. The maximum Gasteiger partial charge on any atom is 0.248 e. The number of nitrogens with two attached hydrogens (primary N) is 2. The number of benzene rings is 1. The molecular formula is C12H17N3O2. The fourth-order valence-corrected chi connectivity index (χ4v) is 1.50. The number of amides is 2. The van der Waals surface area contributed by atoms with Crippen molar-refractivity contribution in [2.75, 3.05) is 11.9 Å². The number of primary amides is 1. The van der Waals surface area contributed by atoms with Gasteiger partial charge in [0.2, 0.25) is 11.8 Å². The van der Waals surface area contributed by atoms with Crippen LogP contribution in [0.25, 0.3) is 0 Å². The van der Waals surface area contributed by atoms with Crippen LogP contribution in [0.4, 0.5) is 5.69 Å². The highest BCUT2D eigenvalue weighted by Gasteiger charge is 2.07. The van der Waals surface area contributed by atoms with Crippen molar-refractivity contribution in [3.8, 4) is 0 Å². The van der Waals surface area contributed by atoms with Crippen molar-refractivity contribution in [1.82, 2.24) is 0 Å². The molecule has 0 bridgehead atoms. The van der Waals surface area contributed by atoms with Crippen LogP contribution in [0.2, 0.25) is 0 Å². The van der Waals surface area contributed by atoms with Crippen LogP contribution in [0.1, 0.15) is 28.8 Å². The van der Waals surface area contributed by atoms with Crippen molar-refractivity contribution >= 4 is 17.5 Å². The van der Waals surface area contributed by atoms with Crippen LogP contribution in [-0.4, -0.2) is 18.4 Å². The van der Waals surface area contributed by atoms with E-state index in [9.17, 15) is 9.59 Å². The van der Waals surface area contributed by atoms with Gasteiger partial charge in [0.25, 0.3) is 0 Å². The van der Waals surface area contributed by atoms with Crippen molar-refractivity contribution in [2.24, 2.45) is 11.5 Å². The fourth-order valence-electron chi connectivity index (χ4n) is 1.50. The minimum absolute atomic E-state index is 0.0818. The summed E-state index contributed by atoms with van der Waals surface area (Å²) in [4.78, 5) is 22.5. The Balaban J connectivity index is 2.70. The Morgan fingerprint density at radius 2 is 2.06 bits per heavy atom. The largest absolute Gasteiger partial charge is 0.366 e. The molecule has 5 N–H and O–H groups in total. The molecule has 1 rings (SSSR count). The summed E-state index contributed by atoms with van der Waals surface area (Å²) in [6.45, 7) is 2.27. The SMILES string of the molecule is Cc1cc(NC(=O)CCCN)ccc1C(N)=O. The highest BCUT2D eigenvalue weighted by atomic mass is 16.1. The third-order valence-corrected chi connectivity index (χ3v) is 2.38. The lowest BCUT2D eigenvalue weighted by Gasteiger charge is -2.07. The molecular weight excluding hydrogens is 218 g/mol. The predicted molar refractivity (Wildman–Crippen MR) is 66.6 cm³/mol. The van der Waals surface area contributed by atoms with E-state index in [2.05, 4.69) is 5.32 Å². The van der Waals surface area contributed by atoms with E-state index in [1.54, 1.807) is 25.1 Å². The molecule has 92 valence electrons. The number of anilines is 1. The summed E-state index contributed by atoms with van der Waals surface area (Å²) in [5.41, 5.74) is 12.4. The third-order valence-electron chi connectivity index (χ3n) is 2.38. The van der Waals surface area contributed by atoms with Gasteiger partial charge in [0.15, 0.2) is 0 Å². The lowest BCUT2D eigenvalue weighted by Crippen LogP contribution is -2.15. The zero-order chi connectivity index (χ0) is 12.8. The zero-order valence-electron chi connectivity index (χ0n) is 9.82. The van der Waals surface area contributed by atoms with Gasteiger partial charge in [-0.3, -0.25) is 9.59 Å². The average molecular weight is 235 g/mol. The van der Waals surface area contributed by atoms with Crippen molar-refractivity contribution < 1.29 is 9.59 Å². The molecule has 0 aliphatic carbocycles. The first-order chi connectivity index (χ1) is 8.04. The Morgan fingerprint density at radius 1 is 1.35 bits per heavy atom. The van der Waals surface area contributed by atoms with Gasteiger partial charge < -0.3 is 16.8 Å². The smallest absolute Gasteiger partial charge is 0.248 e. The van der Waals surface area contributed by atoms with Gasteiger partial charge in [-0.2, -0.15) is 0 Å². The first kappa shape index (κ1) is 13.2. The predicted octanol–water partition coefficient (Wildman–Crippen LogP) is 0.771. The molecule has 0 saturated heterocycles. The van der Waals surface area contributed by atoms with Gasteiger partial charge >= 0.3 is 0 Å². The van der Waals surface area contributed by atoms with Gasteiger partial charge in [0.05, 0.1) is 0 Å². The zero-order valence-corrected chi connectivity index (χ0v) is 9.82. The molecule has 0 aliphatic rings. The third kappa shape index (κ3) is 3.88. The first-order valence-electron chi connectivity index (χ1n) is 5.45. The molecule has 0 saturated carbocycles. The van der Waals surface area contributed by atoms with E-state index < -0.39 is 5.91 Å². The molecule has 1 aromatic rings. The maximum atomic E-state index is 11.4. The number of carbonyl (C=O) groups excluding carboxylic acids is 2. The number of rotatable bonds is 5. The normalized spacial score (nSPS) is 10.0. The van der Waals surface area contributed by atoms with Gasteiger partial charge in [0, 0.05) is 17.7 Å². The second-order valence-electron chi connectivity index (χ2n) is 3.83. The topological polar surface area (TPSA) is 98.2 Å². The van der Waals surface area contributed by atoms with Crippen molar-refractivity contribution in [1.29, 1.82) is 0 Å². The van der Waals surface area contributed by atoms with Crippen LogP contribution in [-0.2, 0) is 4.79 Å². The van der Waals surface area contributed by atoms with Gasteiger partial charge in [-0.05, 0) is 43.7 Å². The summed E-state index contributed by atoms with van der Waals surface area (Å²) in [5, 5.41) is 2.74. The summed E-state index contributed by atoms with van der Waals surface area (Å²) < 4.78 is 0. The Morgan fingerprint density at radius 3 is 2.59 bits per heavy atom. The molecule has 0 spiro atoms. The van der Waals surface area contributed by atoms with Crippen molar-refractivity contribution in [3.05, 3.63) is 29.3 Å². The molecule has 0 heterocycles. The van der Waals surface area contributed by atoms with E-state index in [-0.39, 0.29) is 5.91 Å². The molecule has 0 aliphatic heterocycles. The number of hydrogen-bond donors (Lipinski definition) is 3. The lowest BCUT2D eigenvalue weighted by molar-refractivity contribution is -0.116. The van der Waals surface area contributed by atoms with E-state index in [0.29, 0.717) is 30.6 Å². The van der Waals surface area contributed by atoms with E-state index in [1.807, 2.05) is 0 Å². The second kappa shape index (κ2) is 6.00. The maximum absolute atomic E-state index is 11.4. The summed E-state index contributed by atoms with van der Waals surface area (Å²) in [5.74, 6) is -0.551. The van der Waals surface area contributed by atoms with E-state index in [1.165, 1.54) is 0 Å². The van der Waals surface area contributed by atoms with Crippen LogP contribution in [0.5, 0.6) is 0 Å². The molecule has 5 nitrogen and oxygen atoms in total. The molecule has 0 unspecified atom stereocenters. The lowest BCUT2D eigenvalue weighted by atomic mass is 10.1. The van der Waals surface area contributed by atoms with Crippen LogP contribution < -0.4 is 16.8 Å². The summed E-state index contributed by atoms with van der Waals surface area (Å²) >= 11 is 0. The number of aryl methyl sites for hydroxylation is 1. The first-order valence-corrected chi connectivity index (χ1v) is 5.45. The van der Waals surface area contributed by atoms with Crippen LogP contribution in [0.3, 0.4) is 0 Å².